The third-order valence-electron chi connectivity index (χ3n) is 3.46. The molecular formula is C19H17ClN4O. The van der Waals surface area contributed by atoms with Crippen LogP contribution in [0, 0.1) is 0 Å². The van der Waals surface area contributed by atoms with Gasteiger partial charge in [-0.25, -0.2) is 9.78 Å². The standard InChI is InChI=1S/C19H17ClN4O/c20-16-12-15(23-19(25)24-18-8-4-5-11-21-18)9-10-17(16)22-13-14-6-2-1-3-7-14/h1-12,22H,13H2,(H2,21,23,24,25). The van der Waals surface area contributed by atoms with Gasteiger partial charge in [0.2, 0.25) is 0 Å². The predicted molar refractivity (Wildman–Crippen MR) is 102 cm³/mol. The van der Waals surface area contributed by atoms with Crippen LogP contribution in [0.1, 0.15) is 5.56 Å². The molecular weight excluding hydrogens is 336 g/mol. The fourth-order valence-corrected chi connectivity index (χ4v) is 2.49. The zero-order valence-corrected chi connectivity index (χ0v) is 14.1. The molecule has 6 heteroatoms. The lowest BCUT2D eigenvalue weighted by molar-refractivity contribution is 0.262. The molecule has 5 nitrogen and oxygen atoms in total. The summed E-state index contributed by atoms with van der Waals surface area (Å²) >= 11 is 6.29. The highest BCUT2D eigenvalue weighted by Gasteiger charge is 2.06. The molecule has 1 heterocycles. The number of hydrogen-bond acceptors (Lipinski definition) is 3. The smallest absolute Gasteiger partial charge is 0.324 e. The van der Waals surface area contributed by atoms with Crippen molar-refractivity contribution < 1.29 is 4.79 Å². The minimum Gasteiger partial charge on any atom is -0.380 e. The Kier molecular flexibility index (Phi) is 5.49. The molecule has 0 radical (unpaired) electrons. The summed E-state index contributed by atoms with van der Waals surface area (Å²) in [6.45, 7) is 0.674. The van der Waals surface area contributed by atoms with Crippen LogP contribution in [0.5, 0.6) is 0 Å². The molecule has 1 aromatic heterocycles. The number of anilines is 3. The SMILES string of the molecule is O=C(Nc1ccc(NCc2ccccc2)c(Cl)c1)Nc1ccccn1. The fourth-order valence-electron chi connectivity index (χ4n) is 2.24. The fraction of sp³-hybridized carbons (Fsp3) is 0.0526. The Morgan fingerprint density at radius 3 is 2.48 bits per heavy atom. The molecule has 0 aliphatic rings. The van der Waals surface area contributed by atoms with Gasteiger partial charge < -0.3 is 10.6 Å². The number of nitrogens with one attached hydrogen (secondary N) is 3. The van der Waals surface area contributed by atoms with Crippen LogP contribution in [0.3, 0.4) is 0 Å². The van der Waals surface area contributed by atoms with E-state index < -0.39 is 0 Å². The highest BCUT2D eigenvalue weighted by molar-refractivity contribution is 6.33. The third kappa shape index (κ3) is 4.96. The summed E-state index contributed by atoms with van der Waals surface area (Å²) in [6.07, 6.45) is 1.61. The maximum absolute atomic E-state index is 12.0. The number of urea groups is 1. The number of nitrogens with zero attached hydrogens (tertiary/aromatic N) is 1. The van der Waals surface area contributed by atoms with Gasteiger partial charge in [0.15, 0.2) is 0 Å². The lowest BCUT2D eigenvalue weighted by Gasteiger charge is -2.11. The first-order chi connectivity index (χ1) is 12.2. The first-order valence-electron chi connectivity index (χ1n) is 7.77. The summed E-state index contributed by atoms with van der Waals surface area (Å²) < 4.78 is 0. The number of aromatic nitrogens is 1. The van der Waals surface area contributed by atoms with Crippen LogP contribution >= 0.6 is 11.6 Å². The number of benzene rings is 2. The topological polar surface area (TPSA) is 66.1 Å². The molecule has 0 atom stereocenters. The first kappa shape index (κ1) is 16.8. The average molecular weight is 353 g/mol. The monoisotopic (exact) mass is 352 g/mol. The summed E-state index contributed by atoms with van der Waals surface area (Å²) in [4.78, 5) is 16.0. The van der Waals surface area contributed by atoms with E-state index in [0.29, 0.717) is 23.1 Å². The third-order valence-corrected chi connectivity index (χ3v) is 3.77. The number of amides is 2. The molecule has 0 fully saturated rings. The molecule has 0 aliphatic heterocycles. The van der Waals surface area contributed by atoms with E-state index in [1.165, 1.54) is 0 Å². The molecule has 0 saturated carbocycles. The molecule has 126 valence electrons. The van der Waals surface area contributed by atoms with E-state index in [1.807, 2.05) is 36.4 Å². The van der Waals surface area contributed by atoms with Crippen molar-refractivity contribution in [1.82, 2.24) is 4.98 Å². The van der Waals surface area contributed by atoms with Crippen LogP contribution in [0.4, 0.5) is 22.0 Å². The zero-order valence-electron chi connectivity index (χ0n) is 13.4. The molecule has 0 unspecified atom stereocenters. The van der Waals surface area contributed by atoms with Gasteiger partial charge in [0, 0.05) is 18.4 Å². The van der Waals surface area contributed by atoms with E-state index in [4.69, 9.17) is 11.6 Å². The van der Waals surface area contributed by atoms with E-state index in [9.17, 15) is 4.79 Å². The Bertz CT molecular complexity index is 841. The second kappa shape index (κ2) is 8.17. The van der Waals surface area contributed by atoms with Crippen molar-refractivity contribution in [2.24, 2.45) is 0 Å². The first-order valence-corrected chi connectivity index (χ1v) is 8.15. The van der Waals surface area contributed by atoms with Gasteiger partial charge in [0.25, 0.3) is 0 Å². The summed E-state index contributed by atoms with van der Waals surface area (Å²) in [6, 6.07) is 20.3. The number of halogens is 1. The lowest BCUT2D eigenvalue weighted by Crippen LogP contribution is -2.20. The maximum atomic E-state index is 12.0. The Morgan fingerprint density at radius 1 is 0.960 bits per heavy atom. The summed E-state index contributed by atoms with van der Waals surface area (Å²) in [5, 5.41) is 9.19. The largest absolute Gasteiger partial charge is 0.380 e. The molecule has 0 aliphatic carbocycles. The van der Waals surface area contributed by atoms with Crippen LogP contribution in [-0.2, 0) is 6.54 Å². The number of pyridine rings is 1. The van der Waals surface area contributed by atoms with Crippen molar-refractivity contribution in [1.29, 1.82) is 0 Å². The van der Waals surface area contributed by atoms with E-state index in [-0.39, 0.29) is 6.03 Å². The van der Waals surface area contributed by atoms with E-state index in [1.54, 1.807) is 36.5 Å². The number of rotatable bonds is 5. The van der Waals surface area contributed by atoms with Crippen molar-refractivity contribution >= 4 is 34.8 Å². The van der Waals surface area contributed by atoms with Gasteiger partial charge >= 0.3 is 6.03 Å². The van der Waals surface area contributed by atoms with Crippen LogP contribution < -0.4 is 16.0 Å². The molecule has 3 rings (SSSR count). The highest BCUT2D eigenvalue weighted by Crippen LogP contribution is 2.26. The van der Waals surface area contributed by atoms with Gasteiger partial charge in [0.05, 0.1) is 10.7 Å². The van der Waals surface area contributed by atoms with Crippen molar-refractivity contribution in [2.75, 3.05) is 16.0 Å². The van der Waals surface area contributed by atoms with Gasteiger partial charge in [-0.15, -0.1) is 0 Å². The molecule has 25 heavy (non-hydrogen) atoms. The highest BCUT2D eigenvalue weighted by atomic mass is 35.5. The van der Waals surface area contributed by atoms with Crippen LogP contribution in [-0.4, -0.2) is 11.0 Å². The van der Waals surface area contributed by atoms with Gasteiger partial charge in [-0.3, -0.25) is 5.32 Å². The number of carbonyl (C=O) groups is 1. The van der Waals surface area contributed by atoms with E-state index in [0.717, 1.165) is 11.3 Å². The van der Waals surface area contributed by atoms with E-state index in [2.05, 4.69) is 20.9 Å². The molecule has 0 spiro atoms. The normalized spacial score (nSPS) is 10.1. The summed E-state index contributed by atoms with van der Waals surface area (Å²) in [7, 11) is 0. The zero-order chi connectivity index (χ0) is 17.5. The summed E-state index contributed by atoms with van der Waals surface area (Å²) in [5.74, 6) is 0.479. The minimum absolute atomic E-state index is 0.375. The Balaban J connectivity index is 1.58. The molecule has 0 bridgehead atoms. The second-order valence-corrected chi connectivity index (χ2v) is 5.74. The van der Waals surface area contributed by atoms with Gasteiger partial charge in [-0.2, -0.15) is 0 Å². The van der Waals surface area contributed by atoms with Crippen molar-refractivity contribution in [3.05, 3.63) is 83.5 Å². The minimum atomic E-state index is -0.375. The quantitative estimate of drug-likeness (QED) is 0.606. The average Bonchev–Trinajstić information content (AvgIpc) is 2.63. The van der Waals surface area contributed by atoms with Crippen LogP contribution in [0.15, 0.2) is 72.9 Å². The molecule has 3 N–H and O–H groups in total. The predicted octanol–water partition coefficient (Wildman–Crippen LogP) is 4.99. The van der Waals surface area contributed by atoms with E-state index >= 15 is 0 Å². The molecule has 3 aromatic rings. The van der Waals surface area contributed by atoms with Crippen LogP contribution in [0.25, 0.3) is 0 Å². The molecule has 0 saturated heterocycles. The maximum Gasteiger partial charge on any atom is 0.324 e. The lowest BCUT2D eigenvalue weighted by atomic mass is 10.2. The Hall–Kier alpha value is -3.05. The van der Waals surface area contributed by atoms with Gasteiger partial charge in [-0.1, -0.05) is 48.0 Å². The van der Waals surface area contributed by atoms with Crippen molar-refractivity contribution in [3.63, 3.8) is 0 Å². The van der Waals surface area contributed by atoms with Gasteiger partial charge in [-0.05, 0) is 35.9 Å². The van der Waals surface area contributed by atoms with Crippen molar-refractivity contribution in [3.8, 4) is 0 Å². The van der Waals surface area contributed by atoms with Crippen molar-refractivity contribution in [2.45, 2.75) is 6.54 Å². The number of carbonyl (C=O) groups excluding carboxylic acids is 1. The van der Waals surface area contributed by atoms with Gasteiger partial charge in [0.1, 0.15) is 5.82 Å². The second-order valence-electron chi connectivity index (χ2n) is 5.33. The summed E-state index contributed by atoms with van der Waals surface area (Å²) in [5.41, 5.74) is 2.57. The molecule has 2 amide bonds. The molecule has 2 aromatic carbocycles. The van der Waals surface area contributed by atoms with Crippen LogP contribution in [0.2, 0.25) is 5.02 Å². The Labute approximate surface area is 151 Å². The number of hydrogen-bond donors (Lipinski definition) is 3. The Morgan fingerprint density at radius 2 is 1.76 bits per heavy atom.